The molecule has 0 aliphatic rings. The van der Waals surface area contributed by atoms with Crippen molar-refractivity contribution in [3.8, 4) is 0 Å². The Morgan fingerprint density at radius 3 is 2.50 bits per heavy atom. The van der Waals surface area contributed by atoms with Crippen molar-refractivity contribution in [2.75, 3.05) is 0 Å². The lowest BCUT2D eigenvalue weighted by Crippen LogP contribution is -2.32. The summed E-state index contributed by atoms with van der Waals surface area (Å²) < 4.78 is 9.57. The number of ether oxygens (including phenoxy) is 1. The van der Waals surface area contributed by atoms with Crippen LogP contribution in [0.5, 0.6) is 0 Å². The zero-order chi connectivity index (χ0) is 21.3. The van der Waals surface area contributed by atoms with Gasteiger partial charge in [0.05, 0.1) is 19.0 Å². The van der Waals surface area contributed by atoms with Crippen LogP contribution in [0.15, 0.2) is 77.8 Å². The quantitative estimate of drug-likeness (QED) is 0.302. The predicted octanol–water partition coefficient (Wildman–Crippen LogP) is 6.48. The van der Waals surface area contributed by atoms with E-state index in [2.05, 4.69) is 39.3 Å². The average molecular weight is 469 g/mol. The highest BCUT2D eigenvalue weighted by Crippen LogP contribution is 2.30. The van der Waals surface area contributed by atoms with Crippen LogP contribution in [0.1, 0.15) is 55.1 Å². The Labute approximate surface area is 187 Å². The van der Waals surface area contributed by atoms with E-state index >= 15 is 0 Å². The molecule has 0 bridgehead atoms. The minimum absolute atomic E-state index is 0.115. The fourth-order valence-electron chi connectivity index (χ4n) is 3.80. The smallest absolute Gasteiger partial charge is 0.165 e. The molecule has 0 saturated carbocycles. The van der Waals surface area contributed by atoms with Crippen LogP contribution in [0.4, 0.5) is 0 Å². The molecule has 2 aromatic carbocycles. The maximum atomic E-state index is 13.0. The van der Waals surface area contributed by atoms with Gasteiger partial charge in [0, 0.05) is 40.8 Å². The van der Waals surface area contributed by atoms with E-state index < -0.39 is 0 Å². The van der Waals surface area contributed by atoms with Crippen molar-refractivity contribution in [2.45, 2.75) is 51.9 Å². The molecule has 1 heterocycles. The number of hydrogen-bond acceptors (Lipinski definition) is 3. The normalized spacial score (nSPS) is 14.2. The Morgan fingerprint density at radius 1 is 1.13 bits per heavy atom. The molecule has 0 aliphatic carbocycles. The standard InChI is InChI=1S/C25H29BrN2O2/c1-3-7-23(28-15-14-27-18-28)19(2)25(16-24(29)21-8-5-4-6-9-21)30-17-20-10-12-22(26)13-11-20/h4-6,8-15,18-19,23,25H,3,7,16-17H2,1-2H3. The molecule has 0 aliphatic heterocycles. The van der Waals surface area contributed by atoms with E-state index in [-0.39, 0.29) is 23.8 Å². The van der Waals surface area contributed by atoms with E-state index in [9.17, 15) is 4.79 Å². The molecule has 3 unspecified atom stereocenters. The molecule has 0 spiro atoms. The summed E-state index contributed by atoms with van der Waals surface area (Å²) in [4.78, 5) is 17.2. The molecular weight excluding hydrogens is 440 g/mol. The summed E-state index contributed by atoms with van der Waals surface area (Å²) in [6, 6.07) is 17.8. The number of imidazole rings is 1. The SMILES string of the molecule is CCCC(C(C)C(CC(=O)c1ccccc1)OCc1ccc(Br)cc1)n1ccnc1. The van der Waals surface area contributed by atoms with Crippen molar-refractivity contribution in [1.29, 1.82) is 0 Å². The average Bonchev–Trinajstić information content (AvgIpc) is 3.30. The fraction of sp³-hybridized carbons (Fsp3) is 0.360. The van der Waals surface area contributed by atoms with Crippen LogP contribution in [0.3, 0.4) is 0 Å². The highest BCUT2D eigenvalue weighted by molar-refractivity contribution is 9.10. The van der Waals surface area contributed by atoms with Gasteiger partial charge < -0.3 is 9.30 Å². The Kier molecular flexibility index (Phi) is 8.40. The molecule has 158 valence electrons. The topological polar surface area (TPSA) is 44.1 Å². The van der Waals surface area contributed by atoms with Gasteiger partial charge in [-0.25, -0.2) is 4.98 Å². The number of rotatable bonds is 11. The Hall–Kier alpha value is -2.24. The van der Waals surface area contributed by atoms with Gasteiger partial charge >= 0.3 is 0 Å². The molecule has 3 atom stereocenters. The first-order valence-electron chi connectivity index (χ1n) is 10.5. The van der Waals surface area contributed by atoms with Gasteiger partial charge in [0.1, 0.15) is 0 Å². The zero-order valence-corrected chi connectivity index (χ0v) is 19.2. The van der Waals surface area contributed by atoms with Crippen LogP contribution in [-0.4, -0.2) is 21.4 Å². The Morgan fingerprint density at radius 2 is 1.87 bits per heavy atom. The molecule has 5 heteroatoms. The number of Topliss-reactive ketones (excluding diaryl/α,β-unsaturated/α-hetero) is 1. The third-order valence-electron chi connectivity index (χ3n) is 5.55. The van der Waals surface area contributed by atoms with Gasteiger partial charge in [-0.2, -0.15) is 0 Å². The highest BCUT2D eigenvalue weighted by Gasteiger charge is 2.29. The number of carbonyl (C=O) groups is 1. The second-order valence-electron chi connectivity index (χ2n) is 7.69. The fourth-order valence-corrected chi connectivity index (χ4v) is 4.06. The second-order valence-corrected chi connectivity index (χ2v) is 8.61. The third kappa shape index (κ3) is 6.13. The molecule has 4 nitrogen and oxygen atoms in total. The van der Waals surface area contributed by atoms with Gasteiger partial charge in [0.15, 0.2) is 5.78 Å². The number of carbonyl (C=O) groups excluding carboxylic acids is 1. The van der Waals surface area contributed by atoms with Crippen LogP contribution < -0.4 is 0 Å². The molecule has 0 fully saturated rings. The molecule has 3 rings (SSSR count). The van der Waals surface area contributed by atoms with Crippen LogP contribution in [0, 0.1) is 5.92 Å². The van der Waals surface area contributed by atoms with Crippen LogP contribution in [-0.2, 0) is 11.3 Å². The predicted molar refractivity (Wildman–Crippen MR) is 123 cm³/mol. The monoisotopic (exact) mass is 468 g/mol. The highest BCUT2D eigenvalue weighted by atomic mass is 79.9. The van der Waals surface area contributed by atoms with Gasteiger partial charge in [-0.15, -0.1) is 0 Å². The van der Waals surface area contributed by atoms with E-state index in [0.717, 1.165) is 28.4 Å². The Bertz CT molecular complexity index is 895. The number of ketones is 1. The molecular formula is C25H29BrN2O2. The molecule has 3 aromatic rings. The van der Waals surface area contributed by atoms with Gasteiger partial charge in [0.2, 0.25) is 0 Å². The number of hydrogen-bond donors (Lipinski definition) is 0. The third-order valence-corrected chi connectivity index (χ3v) is 6.07. The summed E-state index contributed by atoms with van der Waals surface area (Å²) in [5.74, 6) is 0.270. The molecule has 0 amide bonds. The van der Waals surface area contributed by atoms with E-state index in [1.54, 1.807) is 0 Å². The van der Waals surface area contributed by atoms with Gasteiger partial charge in [-0.3, -0.25) is 4.79 Å². The number of aromatic nitrogens is 2. The largest absolute Gasteiger partial charge is 0.373 e. The van der Waals surface area contributed by atoms with E-state index in [0.29, 0.717) is 13.0 Å². The van der Waals surface area contributed by atoms with Gasteiger partial charge in [0.25, 0.3) is 0 Å². The molecule has 1 aromatic heterocycles. The minimum atomic E-state index is -0.194. The first kappa shape index (κ1) is 22.4. The summed E-state index contributed by atoms with van der Waals surface area (Å²) in [6.45, 7) is 4.85. The van der Waals surface area contributed by atoms with Gasteiger partial charge in [-0.1, -0.05) is 78.7 Å². The first-order valence-corrected chi connectivity index (χ1v) is 11.3. The first-order chi connectivity index (χ1) is 14.6. The maximum Gasteiger partial charge on any atom is 0.165 e. The number of nitrogens with zero attached hydrogens (tertiary/aromatic N) is 2. The van der Waals surface area contributed by atoms with E-state index in [1.165, 1.54) is 0 Å². The van der Waals surface area contributed by atoms with Crippen molar-refractivity contribution in [3.63, 3.8) is 0 Å². The summed E-state index contributed by atoms with van der Waals surface area (Å²) in [6.07, 6.45) is 7.90. The maximum absolute atomic E-state index is 13.0. The van der Waals surface area contributed by atoms with Crippen LogP contribution >= 0.6 is 15.9 Å². The number of halogens is 1. The minimum Gasteiger partial charge on any atom is -0.373 e. The van der Waals surface area contributed by atoms with E-state index in [4.69, 9.17) is 4.74 Å². The molecule has 0 saturated heterocycles. The van der Waals surface area contributed by atoms with E-state index in [1.807, 2.05) is 73.3 Å². The lowest BCUT2D eigenvalue weighted by atomic mass is 9.88. The zero-order valence-electron chi connectivity index (χ0n) is 17.6. The summed E-state index contributed by atoms with van der Waals surface area (Å²) >= 11 is 3.47. The molecule has 0 N–H and O–H groups in total. The van der Waals surface area contributed by atoms with Crippen molar-refractivity contribution in [2.24, 2.45) is 5.92 Å². The molecule has 0 radical (unpaired) electrons. The lowest BCUT2D eigenvalue weighted by Gasteiger charge is -2.32. The van der Waals surface area contributed by atoms with Crippen molar-refractivity contribution < 1.29 is 9.53 Å². The number of benzene rings is 2. The second kappa shape index (κ2) is 11.2. The molecule has 30 heavy (non-hydrogen) atoms. The summed E-state index contributed by atoms with van der Waals surface area (Å²) in [7, 11) is 0. The lowest BCUT2D eigenvalue weighted by molar-refractivity contribution is -0.0127. The van der Waals surface area contributed by atoms with Gasteiger partial charge in [-0.05, 0) is 24.1 Å². The van der Waals surface area contributed by atoms with Crippen LogP contribution in [0.25, 0.3) is 0 Å². The summed E-state index contributed by atoms with van der Waals surface area (Å²) in [5.41, 5.74) is 1.83. The van der Waals surface area contributed by atoms with Crippen LogP contribution in [0.2, 0.25) is 0 Å². The van der Waals surface area contributed by atoms with Crippen molar-refractivity contribution >= 4 is 21.7 Å². The Balaban J connectivity index is 1.79. The van der Waals surface area contributed by atoms with Crippen molar-refractivity contribution in [1.82, 2.24) is 9.55 Å². The summed E-state index contributed by atoms with van der Waals surface area (Å²) in [5, 5.41) is 0. The van der Waals surface area contributed by atoms with Crippen molar-refractivity contribution in [3.05, 3.63) is 88.9 Å².